The number of hydrogen-bond acceptors (Lipinski definition) is 3. The van der Waals surface area contributed by atoms with E-state index < -0.39 is 0 Å². The van der Waals surface area contributed by atoms with Crippen molar-refractivity contribution in [2.45, 2.75) is 45.4 Å². The van der Waals surface area contributed by atoms with E-state index in [9.17, 15) is 9.90 Å². The van der Waals surface area contributed by atoms with Gasteiger partial charge < -0.3 is 16.6 Å². The molecule has 0 heterocycles. The minimum Gasteiger partial charge on any atom is -0.508 e. The number of benzene rings is 4. The number of fused-ring (bicyclic) bond motifs is 2. The van der Waals surface area contributed by atoms with Gasteiger partial charge in [0.1, 0.15) is 5.75 Å². The van der Waals surface area contributed by atoms with Crippen LogP contribution < -0.4 is 11.5 Å². The summed E-state index contributed by atoms with van der Waals surface area (Å²) in [6.45, 7) is 1.84. The number of nitrogens with two attached hydrogens (primary N) is 2. The van der Waals surface area contributed by atoms with Crippen molar-refractivity contribution >= 4 is 22.4 Å². The van der Waals surface area contributed by atoms with Crippen molar-refractivity contribution in [1.29, 1.82) is 0 Å². The Morgan fingerprint density at radius 2 is 1.53 bits per heavy atom. The fourth-order valence-electron chi connectivity index (χ4n) is 4.70. The maximum atomic E-state index is 10.6. The normalized spacial score (nSPS) is 12.5. The summed E-state index contributed by atoms with van der Waals surface area (Å²) >= 11 is 0. The molecule has 0 fully saturated rings. The van der Waals surface area contributed by atoms with Crippen molar-refractivity contribution in [3.63, 3.8) is 0 Å². The summed E-state index contributed by atoms with van der Waals surface area (Å²) in [7, 11) is 0. The lowest BCUT2D eigenvalue weighted by Gasteiger charge is -2.16. The Labute approximate surface area is 201 Å². The van der Waals surface area contributed by atoms with E-state index in [0.717, 1.165) is 11.1 Å². The molecule has 0 aromatic heterocycles. The average molecular weight is 453 g/mol. The third kappa shape index (κ3) is 5.57. The lowest BCUT2D eigenvalue weighted by molar-refractivity contribution is -0.117. The minimum atomic E-state index is -0.350. The molecule has 4 nitrogen and oxygen atoms in total. The summed E-state index contributed by atoms with van der Waals surface area (Å²) in [5, 5.41) is 11.9. The number of carbonyl (C=O) groups excluding carboxylic acids is 1. The van der Waals surface area contributed by atoms with Crippen LogP contribution in [0.25, 0.3) is 21.9 Å². The van der Waals surface area contributed by atoms with Crippen molar-refractivity contribution in [2.24, 2.45) is 5.73 Å². The molecule has 0 aliphatic heterocycles. The Kier molecular flexibility index (Phi) is 7.17. The van der Waals surface area contributed by atoms with Gasteiger partial charge in [-0.3, -0.25) is 4.79 Å². The quantitative estimate of drug-likeness (QED) is 0.328. The summed E-state index contributed by atoms with van der Waals surface area (Å²) < 4.78 is 0. The summed E-state index contributed by atoms with van der Waals surface area (Å²) in [6.07, 6.45) is 5.99. The van der Waals surface area contributed by atoms with Crippen molar-refractivity contribution in [3.05, 3.63) is 95.1 Å². The number of hydrogen-bond donors (Lipinski definition) is 3. The molecule has 0 atom stereocenters. The second-order valence-electron chi connectivity index (χ2n) is 9.05. The molecule has 0 bridgehead atoms. The fraction of sp³-hybridized carbons (Fsp3) is 0.233. The summed E-state index contributed by atoms with van der Waals surface area (Å²) in [5.74, 6) is -0.209. The van der Waals surface area contributed by atoms with Crippen molar-refractivity contribution < 1.29 is 9.90 Å². The molecule has 174 valence electrons. The Morgan fingerprint density at radius 1 is 0.853 bits per heavy atom. The van der Waals surface area contributed by atoms with Gasteiger partial charge in [-0.1, -0.05) is 54.6 Å². The number of amides is 1. The van der Waals surface area contributed by atoms with E-state index in [1.54, 1.807) is 17.2 Å². The van der Waals surface area contributed by atoms with Crippen LogP contribution in [0.1, 0.15) is 41.5 Å². The summed E-state index contributed by atoms with van der Waals surface area (Å²) in [6, 6.07) is 25.5. The largest absolute Gasteiger partial charge is 0.508 e. The van der Waals surface area contributed by atoms with Gasteiger partial charge in [-0.2, -0.15) is 0 Å². The van der Waals surface area contributed by atoms with Gasteiger partial charge in [0.15, 0.2) is 0 Å². The summed E-state index contributed by atoms with van der Waals surface area (Å²) in [4.78, 5) is 10.6. The topological polar surface area (TPSA) is 89.3 Å². The molecule has 1 aliphatic carbocycles. The molecule has 4 aromatic carbocycles. The first-order valence-electron chi connectivity index (χ1n) is 11.9. The van der Waals surface area contributed by atoms with Crippen LogP contribution in [0, 0.1) is 6.92 Å². The maximum absolute atomic E-state index is 10.6. The molecule has 1 aliphatic rings. The highest BCUT2D eigenvalue weighted by Gasteiger charge is 2.10. The van der Waals surface area contributed by atoms with Crippen molar-refractivity contribution in [1.82, 2.24) is 0 Å². The second-order valence-corrected chi connectivity index (χ2v) is 9.05. The smallest absolute Gasteiger partial charge is 0.217 e. The number of rotatable bonds is 4. The van der Waals surface area contributed by atoms with Crippen molar-refractivity contribution in [3.8, 4) is 16.9 Å². The molecule has 0 radical (unpaired) electrons. The number of phenols is 1. The Morgan fingerprint density at radius 3 is 2.26 bits per heavy atom. The first-order chi connectivity index (χ1) is 16.4. The van der Waals surface area contributed by atoms with Gasteiger partial charge in [-0.15, -0.1) is 0 Å². The number of anilines is 1. The van der Waals surface area contributed by atoms with Gasteiger partial charge >= 0.3 is 0 Å². The monoisotopic (exact) mass is 452 g/mol. The molecular weight excluding hydrogens is 420 g/mol. The van der Waals surface area contributed by atoms with Crippen LogP contribution in [0.5, 0.6) is 5.75 Å². The highest BCUT2D eigenvalue weighted by Crippen LogP contribution is 2.29. The highest BCUT2D eigenvalue weighted by molar-refractivity contribution is 5.87. The van der Waals surface area contributed by atoms with E-state index in [0.29, 0.717) is 12.1 Å². The number of carbonyl (C=O) groups is 1. The predicted molar refractivity (Wildman–Crippen MR) is 141 cm³/mol. The van der Waals surface area contributed by atoms with Gasteiger partial charge in [0.05, 0.1) is 0 Å². The van der Waals surface area contributed by atoms with E-state index in [-0.39, 0.29) is 18.1 Å². The molecule has 5 rings (SSSR count). The number of aromatic hydroxyl groups is 1. The van der Waals surface area contributed by atoms with Gasteiger partial charge in [-0.25, -0.2) is 0 Å². The molecule has 0 saturated heterocycles. The number of nitrogen functional groups attached to an aromatic ring is 1. The molecule has 0 spiro atoms. The maximum Gasteiger partial charge on any atom is 0.217 e. The standard InChI is InChI=1S/C20H18.C10H14N2O2/c1-3-7-17-13-19(11-9-15(17)5-1)20-12-10-16-6-2-4-8-18(16)14-20;1-6-4-7(13)5-9(11)8(6)2-3-10(12)14/h1,3,5,7,9-14H,2,4,6,8H2;4-5,13H,2-3,11H2,1H3,(H2,12,14). The molecule has 4 aromatic rings. The zero-order chi connectivity index (χ0) is 24.1. The van der Waals surface area contributed by atoms with Crippen LogP contribution in [0.3, 0.4) is 0 Å². The zero-order valence-corrected chi connectivity index (χ0v) is 19.7. The molecule has 5 N–H and O–H groups in total. The lowest BCUT2D eigenvalue weighted by atomic mass is 9.89. The van der Waals surface area contributed by atoms with E-state index in [2.05, 4.69) is 60.7 Å². The number of phenolic OH excluding ortho intramolecular Hbond substituents is 1. The second kappa shape index (κ2) is 10.4. The van der Waals surface area contributed by atoms with Crippen LogP contribution in [0.4, 0.5) is 5.69 Å². The van der Waals surface area contributed by atoms with E-state index in [1.165, 1.54) is 53.6 Å². The SMILES string of the molecule is Cc1cc(O)cc(N)c1CCC(N)=O.c1ccc2cc(-c3ccc4c(c3)CCCC4)ccc2c1. The third-order valence-corrected chi connectivity index (χ3v) is 6.54. The van der Waals surface area contributed by atoms with Crippen LogP contribution in [-0.2, 0) is 24.1 Å². The van der Waals surface area contributed by atoms with E-state index >= 15 is 0 Å². The zero-order valence-electron chi connectivity index (χ0n) is 19.7. The molecule has 0 saturated carbocycles. The van der Waals surface area contributed by atoms with Crippen LogP contribution in [0.15, 0.2) is 72.8 Å². The van der Waals surface area contributed by atoms with Crippen LogP contribution in [0.2, 0.25) is 0 Å². The lowest BCUT2D eigenvalue weighted by Crippen LogP contribution is -2.12. The Hall–Kier alpha value is -3.79. The third-order valence-electron chi connectivity index (χ3n) is 6.54. The van der Waals surface area contributed by atoms with E-state index in [1.807, 2.05) is 6.92 Å². The Balaban J connectivity index is 0.000000173. The fourth-order valence-corrected chi connectivity index (χ4v) is 4.70. The van der Waals surface area contributed by atoms with E-state index in [4.69, 9.17) is 11.5 Å². The summed E-state index contributed by atoms with van der Waals surface area (Å²) in [5.41, 5.74) is 18.8. The predicted octanol–water partition coefficient (Wildman–Crippen LogP) is 6.09. The average Bonchev–Trinajstić information content (AvgIpc) is 2.83. The van der Waals surface area contributed by atoms with Crippen molar-refractivity contribution in [2.75, 3.05) is 5.73 Å². The minimum absolute atomic E-state index is 0.142. The van der Waals surface area contributed by atoms with Gasteiger partial charge in [0.2, 0.25) is 5.91 Å². The molecular formula is C30H32N2O2. The van der Waals surface area contributed by atoms with Gasteiger partial charge in [0, 0.05) is 18.2 Å². The Bertz CT molecular complexity index is 1300. The number of primary amides is 1. The molecule has 34 heavy (non-hydrogen) atoms. The molecule has 4 heteroatoms. The molecule has 1 amide bonds. The van der Waals surface area contributed by atoms with Crippen LogP contribution >= 0.6 is 0 Å². The van der Waals surface area contributed by atoms with Gasteiger partial charge in [-0.05, 0) is 95.3 Å². The highest BCUT2D eigenvalue weighted by atomic mass is 16.3. The van der Waals surface area contributed by atoms with Crippen LogP contribution in [-0.4, -0.2) is 11.0 Å². The van der Waals surface area contributed by atoms with Gasteiger partial charge in [0.25, 0.3) is 0 Å². The first kappa shape index (κ1) is 23.4. The molecule has 0 unspecified atom stereocenters. The first-order valence-corrected chi connectivity index (χ1v) is 11.9. The number of aryl methyl sites for hydroxylation is 3.